The normalized spacial score (nSPS) is 30.1. The molecule has 0 saturated heterocycles. The molecule has 2 aromatic carbocycles. The van der Waals surface area contributed by atoms with Crippen LogP contribution in [0.3, 0.4) is 0 Å². The number of ether oxygens (including phenoxy) is 2. The first-order valence-corrected chi connectivity index (χ1v) is 11.3. The van der Waals surface area contributed by atoms with Crippen molar-refractivity contribution in [3.63, 3.8) is 0 Å². The number of phenols is 2. The summed E-state index contributed by atoms with van der Waals surface area (Å²) in [6, 6.07) is 12.8. The van der Waals surface area contributed by atoms with Crippen LogP contribution in [0.5, 0.6) is 11.5 Å². The van der Waals surface area contributed by atoms with Crippen molar-refractivity contribution < 1.29 is 29.3 Å². The van der Waals surface area contributed by atoms with Crippen molar-refractivity contribution in [2.75, 3.05) is 13.2 Å². The van der Waals surface area contributed by atoms with Gasteiger partial charge in [-0.1, -0.05) is 24.3 Å². The van der Waals surface area contributed by atoms with Crippen LogP contribution in [-0.2, 0) is 9.47 Å². The van der Waals surface area contributed by atoms with Gasteiger partial charge in [-0.25, -0.2) is 9.59 Å². The zero-order valence-electron chi connectivity index (χ0n) is 18.0. The fourth-order valence-electron chi connectivity index (χ4n) is 6.87. The van der Waals surface area contributed by atoms with Gasteiger partial charge in [0, 0.05) is 10.8 Å². The van der Waals surface area contributed by atoms with E-state index in [0.29, 0.717) is 25.0 Å². The minimum absolute atomic E-state index is 0.0736. The van der Waals surface area contributed by atoms with E-state index in [1.54, 1.807) is 36.4 Å². The summed E-state index contributed by atoms with van der Waals surface area (Å²) in [5.41, 5.74) is 0.156. The molecule has 4 bridgehead atoms. The Morgan fingerprint density at radius 2 is 1.16 bits per heavy atom. The lowest BCUT2D eigenvalue weighted by atomic mass is 9.44. The molecule has 4 fully saturated rings. The van der Waals surface area contributed by atoms with Crippen LogP contribution in [0, 0.1) is 22.7 Å². The van der Waals surface area contributed by atoms with Crippen molar-refractivity contribution in [3.8, 4) is 11.5 Å². The van der Waals surface area contributed by atoms with E-state index in [4.69, 9.17) is 9.47 Å². The van der Waals surface area contributed by atoms with Gasteiger partial charge in [0.1, 0.15) is 22.6 Å². The molecule has 0 amide bonds. The van der Waals surface area contributed by atoms with E-state index >= 15 is 0 Å². The van der Waals surface area contributed by atoms with Gasteiger partial charge in [0.15, 0.2) is 0 Å². The van der Waals surface area contributed by atoms with Gasteiger partial charge in [-0.2, -0.15) is 0 Å². The second-order valence-electron chi connectivity index (χ2n) is 10.1. The molecular weight excluding hydrogens is 408 g/mol. The smallest absolute Gasteiger partial charge is 0.341 e. The predicted octanol–water partition coefficient (Wildman–Crippen LogP) is 4.70. The predicted molar refractivity (Wildman–Crippen MR) is 116 cm³/mol. The molecule has 0 aliphatic heterocycles. The number of carbonyl (C=O) groups excluding carboxylic acids is 2. The van der Waals surface area contributed by atoms with E-state index in [0.717, 1.165) is 32.1 Å². The molecule has 4 aliphatic carbocycles. The maximum atomic E-state index is 12.6. The summed E-state index contributed by atoms with van der Waals surface area (Å²) in [5.74, 6) is -0.0586. The Balaban J connectivity index is 1.28. The number of hydrogen-bond donors (Lipinski definition) is 2. The highest BCUT2D eigenvalue weighted by Crippen LogP contribution is 2.65. The number of carbonyl (C=O) groups is 2. The van der Waals surface area contributed by atoms with Crippen molar-refractivity contribution in [1.82, 2.24) is 0 Å². The van der Waals surface area contributed by atoms with E-state index in [1.165, 1.54) is 18.6 Å². The molecule has 6 heteroatoms. The Morgan fingerprint density at radius 3 is 1.56 bits per heavy atom. The Kier molecular flexibility index (Phi) is 5.11. The first kappa shape index (κ1) is 20.9. The lowest BCUT2D eigenvalue weighted by Gasteiger charge is -2.61. The first-order chi connectivity index (χ1) is 15.4. The van der Waals surface area contributed by atoms with Gasteiger partial charge in [0.2, 0.25) is 0 Å². The van der Waals surface area contributed by atoms with Crippen LogP contribution in [0.25, 0.3) is 0 Å². The third kappa shape index (κ3) is 3.83. The van der Waals surface area contributed by atoms with Crippen molar-refractivity contribution in [1.29, 1.82) is 0 Å². The highest BCUT2D eigenvalue weighted by molar-refractivity contribution is 5.92. The van der Waals surface area contributed by atoms with Gasteiger partial charge in [-0.05, 0) is 74.6 Å². The summed E-state index contributed by atoms with van der Waals surface area (Å²) < 4.78 is 11.4. The Hall–Kier alpha value is -3.02. The quantitative estimate of drug-likeness (QED) is 0.638. The zero-order chi connectivity index (χ0) is 22.3. The van der Waals surface area contributed by atoms with Crippen LogP contribution in [0.1, 0.15) is 59.2 Å². The van der Waals surface area contributed by atoms with Crippen LogP contribution in [0.4, 0.5) is 0 Å². The van der Waals surface area contributed by atoms with Gasteiger partial charge in [-0.15, -0.1) is 0 Å². The summed E-state index contributed by atoms with van der Waals surface area (Å²) in [6.07, 6.45) is 6.12. The van der Waals surface area contributed by atoms with Crippen molar-refractivity contribution in [3.05, 3.63) is 59.7 Å². The molecule has 32 heavy (non-hydrogen) atoms. The Bertz CT molecular complexity index is 951. The number of aromatic hydroxyl groups is 2. The van der Waals surface area contributed by atoms with E-state index in [2.05, 4.69) is 0 Å². The number of rotatable bonds is 6. The average Bonchev–Trinajstić information content (AvgIpc) is 2.76. The first-order valence-electron chi connectivity index (χ1n) is 11.3. The molecule has 0 unspecified atom stereocenters. The molecule has 168 valence electrons. The maximum Gasteiger partial charge on any atom is 0.341 e. The minimum atomic E-state index is -0.501. The second kappa shape index (κ2) is 7.84. The monoisotopic (exact) mass is 436 g/mol. The molecule has 6 rings (SSSR count). The summed E-state index contributed by atoms with van der Waals surface area (Å²) in [7, 11) is 0. The average molecular weight is 437 g/mol. The summed E-state index contributed by atoms with van der Waals surface area (Å²) in [6.45, 7) is 0.644. The fourth-order valence-corrected chi connectivity index (χ4v) is 6.87. The Morgan fingerprint density at radius 1 is 0.750 bits per heavy atom. The SMILES string of the molecule is O=C(OCC12CC3CC(C1)CC(COC(=O)c1ccccc1O)(C3)C2)c1ccccc1O. The standard InChI is InChI=1S/C26H28O6/c27-21-7-3-1-5-19(21)23(29)31-15-25-10-17-9-18(11-25)13-26(12-17,14-25)16-32-24(30)20-6-2-4-8-22(20)28/h1-8,17-18,27-28H,9-16H2. The summed E-state index contributed by atoms with van der Waals surface area (Å²) in [5, 5.41) is 19.9. The molecule has 4 aliphatic rings. The van der Waals surface area contributed by atoms with Crippen LogP contribution >= 0.6 is 0 Å². The van der Waals surface area contributed by atoms with Crippen molar-refractivity contribution in [2.24, 2.45) is 22.7 Å². The van der Waals surface area contributed by atoms with Crippen LogP contribution < -0.4 is 0 Å². The summed E-state index contributed by atoms with van der Waals surface area (Å²) in [4.78, 5) is 25.1. The van der Waals surface area contributed by atoms with Gasteiger partial charge < -0.3 is 19.7 Å². The minimum Gasteiger partial charge on any atom is -0.507 e. The van der Waals surface area contributed by atoms with Gasteiger partial charge >= 0.3 is 11.9 Å². The number of hydrogen-bond acceptors (Lipinski definition) is 6. The fraction of sp³-hybridized carbons (Fsp3) is 0.462. The maximum absolute atomic E-state index is 12.6. The highest BCUT2D eigenvalue weighted by Gasteiger charge is 2.58. The third-order valence-corrected chi connectivity index (χ3v) is 7.57. The lowest BCUT2D eigenvalue weighted by molar-refractivity contribution is -0.147. The molecule has 2 aromatic rings. The van der Waals surface area contributed by atoms with Gasteiger partial charge in [-0.3, -0.25) is 0 Å². The topological polar surface area (TPSA) is 93.1 Å². The molecule has 0 radical (unpaired) electrons. The number of phenolic OH excluding ortho intramolecular Hbond substituents is 2. The molecule has 6 nitrogen and oxygen atoms in total. The van der Waals surface area contributed by atoms with Crippen LogP contribution in [0.15, 0.2) is 48.5 Å². The van der Waals surface area contributed by atoms with Gasteiger partial charge in [0.25, 0.3) is 0 Å². The lowest BCUT2D eigenvalue weighted by Crippen LogP contribution is -2.55. The van der Waals surface area contributed by atoms with E-state index in [9.17, 15) is 19.8 Å². The molecule has 0 atom stereocenters. The molecular formula is C26H28O6. The third-order valence-electron chi connectivity index (χ3n) is 7.57. The summed E-state index contributed by atoms with van der Waals surface area (Å²) >= 11 is 0. The molecule has 4 saturated carbocycles. The van der Waals surface area contributed by atoms with Crippen LogP contribution in [0.2, 0.25) is 0 Å². The van der Waals surface area contributed by atoms with E-state index < -0.39 is 11.9 Å². The Labute approximate surface area is 187 Å². The van der Waals surface area contributed by atoms with E-state index in [1.807, 2.05) is 0 Å². The largest absolute Gasteiger partial charge is 0.507 e. The van der Waals surface area contributed by atoms with Crippen molar-refractivity contribution in [2.45, 2.75) is 38.5 Å². The molecule has 0 spiro atoms. The van der Waals surface area contributed by atoms with Crippen molar-refractivity contribution >= 4 is 11.9 Å². The zero-order valence-corrected chi connectivity index (χ0v) is 18.0. The number of esters is 2. The highest BCUT2D eigenvalue weighted by atomic mass is 16.5. The number of benzene rings is 2. The van der Waals surface area contributed by atoms with E-state index in [-0.39, 0.29) is 33.5 Å². The molecule has 0 heterocycles. The molecule has 0 aromatic heterocycles. The van der Waals surface area contributed by atoms with Crippen LogP contribution in [-0.4, -0.2) is 35.4 Å². The molecule has 2 N–H and O–H groups in total. The van der Waals surface area contributed by atoms with Gasteiger partial charge in [0.05, 0.1) is 13.2 Å². The second-order valence-corrected chi connectivity index (χ2v) is 10.1. The number of para-hydroxylation sites is 2.